The number of nitrogens with two attached hydrogens (primary N) is 1. The third kappa shape index (κ3) is 3.00. The van der Waals surface area contributed by atoms with Gasteiger partial charge in [-0.2, -0.15) is 0 Å². The van der Waals surface area contributed by atoms with Gasteiger partial charge in [0.05, 0.1) is 0 Å². The van der Waals surface area contributed by atoms with Crippen LogP contribution < -0.4 is 5.73 Å². The Kier molecular flexibility index (Phi) is 4.55. The highest BCUT2D eigenvalue weighted by molar-refractivity contribution is 5.95. The number of nitrogens with zero attached hydrogens (tertiary/aromatic N) is 2. The lowest BCUT2D eigenvalue weighted by Crippen LogP contribution is -2.31. The van der Waals surface area contributed by atoms with Gasteiger partial charge in [-0.05, 0) is 36.8 Å². The molecule has 1 atom stereocenters. The number of likely N-dealkylation sites (tertiary alicyclic amines) is 1. The highest BCUT2D eigenvalue weighted by atomic mass is 35.5. The summed E-state index contributed by atoms with van der Waals surface area (Å²) in [5.41, 5.74) is 8.88. The van der Waals surface area contributed by atoms with Crippen molar-refractivity contribution in [3.05, 3.63) is 54.1 Å². The Morgan fingerprint density at radius 1 is 1.21 bits per heavy atom. The van der Waals surface area contributed by atoms with E-state index in [-0.39, 0.29) is 24.4 Å². The number of carbonyl (C=O) groups is 1. The number of oxazole rings is 1. The Bertz CT molecular complexity index is 844. The highest BCUT2D eigenvalue weighted by Crippen LogP contribution is 2.25. The summed E-state index contributed by atoms with van der Waals surface area (Å²) in [5, 5.41) is 0. The van der Waals surface area contributed by atoms with Crippen molar-refractivity contribution in [2.75, 3.05) is 13.1 Å². The van der Waals surface area contributed by atoms with E-state index in [1.165, 1.54) is 0 Å². The summed E-state index contributed by atoms with van der Waals surface area (Å²) in [5.74, 6) is 0.537. The van der Waals surface area contributed by atoms with E-state index in [9.17, 15) is 4.79 Å². The van der Waals surface area contributed by atoms with Crippen LogP contribution in [-0.2, 0) is 0 Å². The molecule has 24 heavy (non-hydrogen) atoms. The van der Waals surface area contributed by atoms with Crippen LogP contribution in [-0.4, -0.2) is 34.9 Å². The van der Waals surface area contributed by atoms with Crippen LogP contribution in [0.5, 0.6) is 0 Å². The van der Waals surface area contributed by atoms with E-state index in [2.05, 4.69) is 4.98 Å². The molecule has 1 saturated heterocycles. The summed E-state index contributed by atoms with van der Waals surface area (Å²) in [4.78, 5) is 18.9. The number of fused-ring (bicyclic) bond motifs is 1. The van der Waals surface area contributed by atoms with E-state index in [4.69, 9.17) is 10.2 Å². The summed E-state index contributed by atoms with van der Waals surface area (Å²) in [6.07, 6.45) is 0.858. The van der Waals surface area contributed by atoms with Gasteiger partial charge in [0.15, 0.2) is 5.58 Å². The van der Waals surface area contributed by atoms with E-state index >= 15 is 0 Å². The molecule has 0 aliphatic carbocycles. The van der Waals surface area contributed by atoms with Gasteiger partial charge in [0.25, 0.3) is 5.91 Å². The Labute approximate surface area is 145 Å². The van der Waals surface area contributed by atoms with Crippen molar-refractivity contribution in [3.63, 3.8) is 0 Å². The molecule has 1 aliphatic heterocycles. The molecule has 1 amide bonds. The molecular formula is C18H18ClN3O2. The maximum Gasteiger partial charge on any atom is 0.253 e. The largest absolute Gasteiger partial charge is 0.436 e. The molecule has 5 nitrogen and oxygen atoms in total. The molecule has 0 radical (unpaired) electrons. The van der Waals surface area contributed by atoms with Gasteiger partial charge in [-0.3, -0.25) is 4.79 Å². The lowest BCUT2D eigenvalue weighted by atomic mass is 10.1. The number of halogens is 1. The number of aromatic nitrogens is 1. The zero-order chi connectivity index (χ0) is 15.8. The smallest absolute Gasteiger partial charge is 0.253 e. The first-order valence-corrected chi connectivity index (χ1v) is 7.71. The molecule has 1 fully saturated rings. The van der Waals surface area contributed by atoms with Crippen molar-refractivity contribution in [1.82, 2.24) is 9.88 Å². The van der Waals surface area contributed by atoms with Gasteiger partial charge in [0.1, 0.15) is 5.52 Å². The Hall–Kier alpha value is -2.37. The fourth-order valence-corrected chi connectivity index (χ4v) is 2.94. The molecule has 4 rings (SSSR count). The fraction of sp³-hybridized carbons (Fsp3) is 0.222. The molecule has 0 bridgehead atoms. The van der Waals surface area contributed by atoms with Crippen molar-refractivity contribution in [1.29, 1.82) is 0 Å². The maximum absolute atomic E-state index is 12.6. The van der Waals surface area contributed by atoms with Crippen LogP contribution in [0.1, 0.15) is 16.8 Å². The molecule has 0 saturated carbocycles. The average Bonchev–Trinajstić information content (AvgIpc) is 3.20. The first-order valence-electron chi connectivity index (χ1n) is 7.71. The first-order chi connectivity index (χ1) is 11.2. The van der Waals surface area contributed by atoms with E-state index in [1.54, 1.807) is 4.90 Å². The minimum absolute atomic E-state index is 0. The number of benzene rings is 2. The second kappa shape index (κ2) is 6.63. The molecule has 124 valence electrons. The third-order valence-electron chi connectivity index (χ3n) is 4.16. The Morgan fingerprint density at radius 3 is 2.79 bits per heavy atom. The zero-order valence-corrected chi connectivity index (χ0v) is 13.8. The van der Waals surface area contributed by atoms with E-state index in [0.717, 1.165) is 23.1 Å². The number of para-hydroxylation sites is 2. The summed E-state index contributed by atoms with van der Waals surface area (Å²) in [6.45, 7) is 1.33. The Balaban J connectivity index is 0.00000169. The van der Waals surface area contributed by atoms with Crippen molar-refractivity contribution in [2.24, 2.45) is 5.73 Å². The third-order valence-corrected chi connectivity index (χ3v) is 4.16. The second-order valence-electron chi connectivity index (χ2n) is 5.87. The average molecular weight is 344 g/mol. The summed E-state index contributed by atoms with van der Waals surface area (Å²) >= 11 is 0. The Morgan fingerprint density at radius 2 is 2.04 bits per heavy atom. The topological polar surface area (TPSA) is 72.4 Å². The highest BCUT2D eigenvalue weighted by Gasteiger charge is 2.24. The van der Waals surface area contributed by atoms with Gasteiger partial charge >= 0.3 is 0 Å². The number of rotatable bonds is 2. The van der Waals surface area contributed by atoms with Crippen molar-refractivity contribution >= 4 is 29.4 Å². The van der Waals surface area contributed by atoms with Crippen molar-refractivity contribution in [3.8, 4) is 11.5 Å². The predicted molar refractivity (Wildman–Crippen MR) is 95.2 cm³/mol. The van der Waals surface area contributed by atoms with Crippen LogP contribution in [0.3, 0.4) is 0 Å². The summed E-state index contributed by atoms with van der Waals surface area (Å²) < 4.78 is 5.78. The van der Waals surface area contributed by atoms with E-state index in [0.29, 0.717) is 24.5 Å². The van der Waals surface area contributed by atoms with Crippen molar-refractivity contribution in [2.45, 2.75) is 12.5 Å². The van der Waals surface area contributed by atoms with E-state index in [1.807, 2.05) is 48.5 Å². The number of amides is 1. The SMILES string of the molecule is Cl.NC1CCN(C(=O)c2cccc(-c3nc4ccccc4o3)c2)C1. The minimum atomic E-state index is 0. The van der Waals surface area contributed by atoms with Crippen LogP contribution in [0.25, 0.3) is 22.6 Å². The molecule has 6 heteroatoms. The van der Waals surface area contributed by atoms with Crippen LogP contribution in [0.2, 0.25) is 0 Å². The molecule has 2 N–H and O–H groups in total. The van der Waals surface area contributed by atoms with Gasteiger partial charge in [0, 0.05) is 30.3 Å². The molecule has 1 aromatic heterocycles. The summed E-state index contributed by atoms with van der Waals surface area (Å²) in [6, 6.07) is 15.1. The minimum Gasteiger partial charge on any atom is -0.436 e. The maximum atomic E-state index is 12.6. The zero-order valence-electron chi connectivity index (χ0n) is 13.0. The molecule has 1 aliphatic rings. The number of carbonyl (C=O) groups excluding carboxylic acids is 1. The van der Waals surface area contributed by atoms with Gasteiger partial charge in [0.2, 0.25) is 5.89 Å². The quantitative estimate of drug-likeness (QED) is 0.776. The van der Waals surface area contributed by atoms with E-state index < -0.39 is 0 Å². The van der Waals surface area contributed by atoms with Crippen molar-refractivity contribution < 1.29 is 9.21 Å². The predicted octanol–water partition coefficient (Wildman–Crippen LogP) is 3.09. The first kappa shape index (κ1) is 16.5. The molecule has 1 unspecified atom stereocenters. The number of hydrogen-bond acceptors (Lipinski definition) is 4. The van der Waals surface area contributed by atoms with Gasteiger partial charge < -0.3 is 15.1 Å². The molecule has 2 heterocycles. The monoisotopic (exact) mass is 343 g/mol. The van der Waals surface area contributed by atoms with Gasteiger partial charge in [-0.25, -0.2) is 4.98 Å². The lowest BCUT2D eigenvalue weighted by molar-refractivity contribution is 0.0791. The van der Waals surface area contributed by atoms with Crippen LogP contribution in [0.15, 0.2) is 52.9 Å². The van der Waals surface area contributed by atoms with Crippen LogP contribution in [0.4, 0.5) is 0 Å². The molecular weight excluding hydrogens is 326 g/mol. The normalized spacial score (nSPS) is 17.0. The van der Waals surface area contributed by atoms with Crippen LogP contribution >= 0.6 is 12.4 Å². The molecule has 3 aromatic rings. The molecule has 2 aromatic carbocycles. The fourth-order valence-electron chi connectivity index (χ4n) is 2.94. The number of hydrogen-bond donors (Lipinski definition) is 1. The standard InChI is InChI=1S/C18H17N3O2.ClH/c19-14-8-9-21(11-14)18(22)13-5-3-4-12(10-13)17-20-15-6-1-2-7-16(15)23-17;/h1-7,10,14H,8-9,11,19H2;1H. The second-order valence-corrected chi connectivity index (χ2v) is 5.87. The lowest BCUT2D eigenvalue weighted by Gasteiger charge is -2.15. The van der Waals surface area contributed by atoms with Gasteiger partial charge in [-0.15, -0.1) is 12.4 Å². The summed E-state index contributed by atoms with van der Waals surface area (Å²) in [7, 11) is 0. The van der Waals surface area contributed by atoms with Crippen LogP contribution in [0, 0.1) is 0 Å². The molecule has 0 spiro atoms. The van der Waals surface area contributed by atoms with Gasteiger partial charge in [-0.1, -0.05) is 18.2 Å².